The largest absolute Gasteiger partial charge is 0.463 e. The Balaban J connectivity index is 0.000000587. The number of carbonyl (C=O) groups excluding carboxylic acids is 2. The van der Waals surface area contributed by atoms with E-state index in [1.165, 1.54) is 13.8 Å². The lowest BCUT2D eigenvalue weighted by atomic mass is 10.2. The van der Waals surface area contributed by atoms with Crippen molar-refractivity contribution in [3.8, 4) is 0 Å². The van der Waals surface area contributed by atoms with Gasteiger partial charge in [0.15, 0.2) is 24.2 Å². The second kappa shape index (κ2) is 14.4. The molecule has 4 heterocycles. The van der Waals surface area contributed by atoms with Gasteiger partial charge in [0.1, 0.15) is 31.5 Å². The minimum absolute atomic E-state index is 0. The van der Waals surface area contributed by atoms with Crippen molar-refractivity contribution in [2.24, 2.45) is 0 Å². The van der Waals surface area contributed by atoms with Crippen molar-refractivity contribution in [2.45, 2.75) is 129 Å². The SMILES string of the molecule is C.C.CC.CC(=O)OCC1OC2OC(C)(C)O[C@@H]2[C@H]1I.CC(=O)OC[C@@H]1C[C@H]2OC(C)(C)OC2O1. The van der Waals surface area contributed by atoms with Crippen molar-refractivity contribution in [2.75, 3.05) is 13.2 Å². The summed E-state index contributed by atoms with van der Waals surface area (Å²) in [5.74, 6) is -1.75. The van der Waals surface area contributed by atoms with Gasteiger partial charge in [-0.25, -0.2) is 0 Å². The molecule has 4 fully saturated rings. The summed E-state index contributed by atoms with van der Waals surface area (Å²) in [6, 6.07) is 0. The fraction of sp³-hybridized carbons (Fsp3) is 0.917. The molecule has 0 aromatic rings. The molecule has 4 aliphatic rings. The molecule has 35 heavy (non-hydrogen) atoms. The predicted octanol–water partition coefficient (Wildman–Crippen LogP) is 4.34. The fourth-order valence-corrected chi connectivity index (χ4v) is 4.63. The molecule has 11 heteroatoms. The summed E-state index contributed by atoms with van der Waals surface area (Å²) >= 11 is 2.25. The van der Waals surface area contributed by atoms with Crippen molar-refractivity contribution in [3.63, 3.8) is 0 Å². The summed E-state index contributed by atoms with van der Waals surface area (Å²) in [6.07, 6.45) is -0.355. The van der Waals surface area contributed by atoms with Crippen molar-refractivity contribution >= 4 is 34.5 Å². The maximum Gasteiger partial charge on any atom is 0.302 e. The fourth-order valence-electron chi connectivity index (χ4n) is 3.77. The first-order valence-electron chi connectivity index (χ1n) is 11.3. The van der Waals surface area contributed by atoms with Gasteiger partial charge in [-0.05, 0) is 27.7 Å². The lowest BCUT2D eigenvalue weighted by Gasteiger charge is -2.22. The molecule has 0 radical (unpaired) electrons. The third-order valence-corrected chi connectivity index (χ3v) is 6.46. The number of carbonyl (C=O) groups is 2. The van der Waals surface area contributed by atoms with Crippen LogP contribution in [-0.4, -0.2) is 77.6 Å². The molecule has 208 valence electrons. The molecule has 0 aromatic heterocycles. The summed E-state index contributed by atoms with van der Waals surface area (Å²) in [7, 11) is 0. The standard InChI is InChI=1S/C10H15IO5.C10H16O5.C2H6.2CH4/c1-5(12)13-4-6-7(11)8-9(14-6)16-10(2,3)15-8;1-6(11)12-5-7-4-8-9(13-7)15-10(2,3)14-8;1-2;;/h6-9H,4H2,1-3H3;7-9H,4-5H2,1-3H3;1-2H3;2*1H4/t6?,7-,8+,9?;7-,8+,9?;;;/m00.../s1. The number of ether oxygens (including phenoxy) is 8. The van der Waals surface area contributed by atoms with E-state index in [9.17, 15) is 9.59 Å². The lowest BCUT2D eigenvalue weighted by molar-refractivity contribution is -0.209. The maximum absolute atomic E-state index is 10.7. The minimum Gasteiger partial charge on any atom is -0.463 e. The van der Waals surface area contributed by atoms with Gasteiger partial charge >= 0.3 is 11.9 Å². The number of hydrogen-bond acceptors (Lipinski definition) is 10. The minimum atomic E-state index is -0.592. The summed E-state index contributed by atoms with van der Waals surface area (Å²) in [6.45, 7) is 14.7. The van der Waals surface area contributed by atoms with Crippen LogP contribution in [0.25, 0.3) is 0 Å². The molecular weight excluding hydrogens is 575 g/mol. The number of esters is 2. The number of fused-ring (bicyclic) bond motifs is 2. The van der Waals surface area contributed by atoms with E-state index in [0.717, 1.165) is 0 Å². The highest BCUT2D eigenvalue weighted by atomic mass is 127. The van der Waals surface area contributed by atoms with Crippen LogP contribution in [0.4, 0.5) is 0 Å². The van der Waals surface area contributed by atoms with E-state index in [1.807, 2.05) is 41.5 Å². The van der Waals surface area contributed by atoms with Crippen molar-refractivity contribution in [3.05, 3.63) is 0 Å². The molecule has 0 aromatic carbocycles. The van der Waals surface area contributed by atoms with Crippen LogP contribution in [0.3, 0.4) is 0 Å². The van der Waals surface area contributed by atoms with Gasteiger partial charge in [0, 0.05) is 20.3 Å². The van der Waals surface area contributed by atoms with Crippen LogP contribution in [0.15, 0.2) is 0 Å². The highest BCUT2D eigenvalue weighted by Crippen LogP contribution is 2.40. The first-order chi connectivity index (χ1) is 15.3. The molecule has 0 saturated carbocycles. The molecule has 4 aliphatic heterocycles. The lowest BCUT2D eigenvalue weighted by Crippen LogP contribution is -2.33. The van der Waals surface area contributed by atoms with Gasteiger partial charge in [0.25, 0.3) is 0 Å². The topological polar surface area (TPSA) is 108 Å². The van der Waals surface area contributed by atoms with Gasteiger partial charge in [-0.1, -0.05) is 51.3 Å². The van der Waals surface area contributed by atoms with Gasteiger partial charge < -0.3 is 37.9 Å². The first-order valence-corrected chi connectivity index (χ1v) is 12.5. The van der Waals surface area contributed by atoms with Gasteiger partial charge in [-0.15, -0.1) is 0 Å². The van der Waals surface area contributed by atoms with E-state index in [4.69, 9.17) is 37.9 Å². The Morgan fingerprint density at radius 2 is 1.34 bits per heavy atom. The van der Waals surface area contributed by atoms with Gasteiger partial charge in [-0.3, -0.25) is 9.59 Å². The maximum atomic E-state index is 10.7. The van der Waals surface area contributed by atoms with Crippen LogP contribution >= 0.6 is 22.6 Å². The van der Waals surface area contributed by atoms with Crippen LogP contribution in [0.1, 0.15) is 76.7 Å². The molecular formula is C24H45IO10. The monoisotopic (exact) mass is 620 g/mol. The van der Waals surface area contributed by atoms with E-state index in [1.54, 1.807) is 0 Å². The quantitative estimate of drug-likeness (QED) is 0.256. The van der Waals surface area contributed by atoms with Crippen LogP contribution in [0, 0.1) is 0 Å². The number of halogens is 1. The summed E-state index contributed by atoms with van der Waals surface area (Å²) < 4.78 is 43.6. The van der Waals surface area contributed by atoms with Crippen molar-refractivity contribution in [1.29, 1.82) is 0 Å². The molecule has 0 N–H and O–H groups in total. The number of alkyl halides is 1. The van der Waals surface area contributed by atoms with Gasteiger partial charge in [0.2, 0.25) is 0 Å². The summed E-state index contributed by atoms with van der Waals surface area (Å²) in [4.78, 5) is 21.3. The predicted molar refractivity (Wildman–Crippen MR) is 138 cm³/mol. The van der Waals surface area contributed by atoms with Crippen LogP contribution in [0.5, 0.6) is 0 Å². The van der Waals surface area contributed by atoms with E-state index < -0.39 is 11.6 Å². The summed E-state index contributed by atoms with van der Waals surface area (Å²) in [5, 5.41) is 0. The van der Waals surface area contributed by atoms with Crippen molar-refractivity contribution in [1.82, 2.24) is 0 Å². The Morgan fingerprint density at radius 1 is 0.829 bits per heavy atom. The molecule has 7 atom stereocenters. The second-order valence-corrected chi connectivity index (χ2v) is 10.2. The average molecular weight is 621 g/mol. The Bertz CT molecular complexity index is 655. The Morgan fingerprint density at radius 3 is 1.86 bits per heavy atom. The zero-order chi connectivity index (χ0) is 25.0. The third-order valence-electron chi connectivity index (χ3n) is 4.95. The summed E-state index contributed by atoms with van der Waals surface area (Å²) in [5.41, 5.74) is 0. The molecule has 3 unspecified atom stereocenters. The van der Waals surface area contributed by atoms with E-state index in [0.29, 0.717) is 6.42 Å². The number of hydrogen-bond donors (Lipinski definition) is 0. The highest BCUT2D eigenvalue weighted by Gasteiger charge is 2.54. The highest BCUT2D eigenvalue weighted by molar-refractivity contribution is 14.1. The smallest absolute Gasteiger partial charge is 0.302 e. The van der Waals surface area contributed by atoms with Gasteiger partial charge in [0.05, 0.1) is 10.0 Å². The molecule has 0 bridgehead atoms. The first kappa shape index (κ1) is 34.4. The van der Waals surface area contributed by atoms with Crippen molar-refractivity contribution < 1.29 is 47.5 Å². The zero-order valence-electron chi connectivity index (χ0n) is 20.6. The van der Waals surface area contributed by atoms with Crippen LogP contribution in [-0.2, 0) is 47.5 Å². The third kappa shape index (κ3) is 10.0. The number of rotatable bonds is 4. The molecule has 4 saturated heterocycles. The zero-order valence-corrected chi connectivity index (χ0v) is 22.8. The molecule has 0 amide bonds. The Hall–Kier alpha value is -0.570. The van der Waals surface area contributed by atoms with E-state index in [2.05, 4.69) is 22.6 Å². The molecule has 10 nitrogen and oxygen atoms in total. The average Bonchev–Trinajstić information content (AvgIpc) is 3.38. The van der Waals surface area contributed by atoms with E-state index in [-0.39, 0.29) is 80.9 Å². The molecule has 0 aliphatic carbocycles. The normalized spacial score (nSPS) is 34.9. The second-order valence-electron chi connectivity index (χ2n) is 8.73. The van der Waals surface area contributed by atoms with E-state index >= 15 is 0 Å². The van der Waals surface area contributed by atoms with Crippen LogP contribution < -0.4 is 0 Å². The Labute approximate surface area is 224 Å². The molecule has 0 spiro atoms. The Kier molecular flexibility index (Phi) is 14.2. The van der Waals surface area contributed by atoms with Gasteiger partial charge in [-0.2, -0.15) is 0 Å². The molecule has 4 rings (SSSR count). The van der Waals surface area contributed by atoms with Crippen LogP contribution in [0.2, 0.25) is 0 Å².